The van der Waals surface area contributed by atoms with Crippen LogP contribution in [0.3, 0.4) is 0 Å². The van der Waals surface area contributed by atoms with Gasteiger partial charge in [0.25, 0.3) is 5.91 Å². The van der Waals surface area contributed by atoms with E-state index in [4.69, 9.17) is 16.3 Å². The highest BCUT2D eigenvalue weighted by atomic mass is 35.5. The molecule has 1 aliphatic rings. The fourth-order valence-corrected chi connectivity index (χ4v) is 3.67. The van der Waals surface area contributed by atoms with Crippen LogP contribution in [0.5, 0.6) is 5.88 Å². The highest BCUT2D eigenvalue weighted by molar-refractivity contribution is 7.98. The van der Waals surface area contributed by atoms with Crippen LogP contribution in [0.15, 0.2) is 53.6 Å². The highest BCUT2D eigenvalue weighted by Crippen LogP contribution is 2.57. The Kier molecular flexibility index (Phi) is 6.04. The van der Waals surface area contributed by atoms with Gasteiger partial charge in [-0.1, -0.05) is 17.7 Å². The molecule has 168 valence electrons. The standard InChI is InChI=1S/C20H15ClF4N4O2S/c21-17-14(18(30)28-32-13-3-1-2-12(22)10-13)4-5-15(26-17)29-9-6-16(27-29)31-11-19(7-8-19)20(23,24)25/h1-6,9-10H,7-8,11H2,(H,28,30). The smallest absolute Gasteiger partial charge is 0.397 e. The van der Waals surface area contributed by atoms with E-state index in [0.717, 1.165) is 11.9 Å². The number of amides is 1. The van der Waals surface area contributed by atoms with Crippen molar-refractivity contribution < 1.29 is 27.1 Å². The Morgan fingerprint density at radius 1 is 1.25 bits per heavy atom. The topological polar surface area (TPSA) is 69.0 Å². The van der Waals surface area contributed by atoms with Crippen LogP contribution in [0, 0.1) is 11.2 Å². The van der Waals surface area contributed by atoms with Gasteiger partial charge in [0.1, 0.15) is 23.0 Å². The van der Waals surface area contributed by atoms with Crippen LogP contribution in [0.25, 0.3) is 5.82 Å². The molecule has 4 rings (SSSR count). The molecule has 0 aliphatic heterocycles. The molecule has 1 fully saturated rings. The molecule has 2 heterocycles. The predicted molar refractivity (Wildman–Crippen MR) is 109 cm³/mol. The second-order valence-electron chi connectivity index (χ2n) is 7.16. The average molecular weight is 487 g/mol. The van der Waals surface area contributed by atoms with Crippen molar-refractivity contribution in [1.29, 1.82) is 0 Å². The Balaban J connectivity index is 1.39. The summed E-state index contributed by atoms with van der Waals surface area (Å²) >= 11 is 7.05. The minimum Gasteiger partial charge on any atom is -0.476 e. The van der Waals surface area contributed by atoms with Gasteiger partial charge in [-0.3, -0.25) is 9.52 Å². The number of hydrogen-bond donors (Lipinski definition) is 1. The predicted octanol–water partition coefficient (Wildman–Crippen LogP) is 5.22. The number of rotatable bonds is 7. The first kappa shape index (κ1) is 22.4. The molecule has 1 aromatic carbocycles. The molecule has 0 radical (unpaired) electrons. The van der Waals surface area contributed by atoms with E-state index in [1.807, 2.05) is 0 Å². The lowest BCUT2D eigenvalue weighted by Gasteiger charge is -2.18. The summed E-state index contributed by atoms with van der Waals surface area (Å²) in [6, 6.07) is 10.0. The Morgan fingerprint density at radius 3 is 2.69 bits per heavy atom. The lowest BCUT2D eigenvalue weighted by molar-refractivity contribution is -0.194. The van der Waals surface area contributed by atoms with Gasteiger partial charge in [0.05, 0.1) is 5.56 Å². The van der Waals surface area contributed by atoms with E-state index < -0.39 is 29.9 Å². The van der Waals surface area contributed by atoms with Crippen LogP contribution in [0.2, 0.25) is 5.15 Å². The third-order valence-corrected chi connectivity index (χ3v) is 5.95. The van der Waals surface area contributed by atoms with Gasteiger partial charge in [0.15, 0.2) is 5.82 Å². The van der Waals surface area contributed by atoms with Gasteiger partial charge in [-0.15, -0.1) is 5.10 Å². The number of benzene rings is 1. The fourth-order valence-electron chi connectivity index (χ4n) is 2.80. The number of carbonyl (C=O) groups is 1. The molecule has 1 saturated carbocycles. The molecule has 1 aliphatic carbocycles. The monoisotopic (exact) mass is 486 g/mol. The van der Waals surface area contributed by atoms with Crippen molar-refractivity contribution in [3.63, 3.8) is 0 Å². The quantitative estimate of drug-likeness (QED) is 0.282. The number of aromatic nitrogens is 3. The fraction of sp³-hybridized carbons (Fsp3) is 0.250. The van der Waals surface area contributed by atoms with Crippen molar-refractivity contribution >= 4 is 29.5 Å². The lowest BCUT2D eigenvalue weighted by atomic mass is 10.1. The van der Waals surface area contributed by atoms with Crippen LogP contribution in [-0.4, -0.2) is 33.5 Å². The van der Waals surface area contributed by atoms with E-state index in [0.29, 0.717) is 4.90 Å². The van der Waals surface area contributed by atoms with Gasteiger partial charge < -0.3 is 4.74 Å². The third kappa shape index (κ3) is 4.83. The van der Waals surface area contributed by atoms with Gasteiger partial charge in [-0.25, -0.2) is 14.1 Å². The summed E-state index contributed by atoms with van der Waals surface area (Å²) in [5.74, 6) is -0.695. The summed E-state index contributed by atoms with van der Waals surface area (Å²) in [7, 11) is 0. The molecule has 12 heteroatoms. The van der Waals surface area contributed by atoms with Crippen LogP contribution >= 0.6 is 23.5 Å². The molecular weight excluding hydrogens is 472 g/mol. The average Bonchev–Trinajstić information content (AvgIpc) is 3.41. The summed E-state index contributed by atoms with van der Waals surface area (Å²) in [6.07, 6.45) is -2.78. The number of alkyl halides is 3. The minimum atomic E-state index is -4.31. The molecule has 0 saturated heterocycles. The normalized spacial score (nSPS) is 14.8. The number of halogens is 5. The van der Waals surface area contributed by atoms with E-state index in [1.165, 1.54) is 47.3 Å². The molecular formula is C20H15ClF4N4O2S. The first-order valence-electron chi connectivity index (χ1n) is 9.32. The molecule has 0 spiro atoms. The zero-order valence-corrected chi connectivity index (χ0v) is 17.8. The van der Waals surface area contributed by atoms with E-state index in [2.05, 4.69) is 14.8 Å². The molecule has 0 atom stereocenters. The van der Waals surface area contributed by atoms with E-state index in [1.54, 1.807) is 6.07 Å². The van der Waals surface area contributed by atoms with Crippen LogP contribution in [0.4, 0.5) is 17.6 Å². The van der Waals surface area contributed by atoms with Gasteiger partial charge in [-0.2, -0.15) is 13.2 Å². The van der Waals surface area contributed by atoms with Crippen LogP contribution in [0.1, 0.15) is 23.2 Å². The van der Waals surface area contributed by atoms with E-state index in [-0.39, 0.29) is 35.3 Å². The molecule has 0 bridgehead atoms. The van der Waals surface area contributed by atoms with Crippen molar-refractivity contribution in [2.75, 3.05) is 6.61 Å². The summed E-state index contributed by atoms with van der Waals surface area (Å²) in [5, 5.41) is 3.95. The molecule has 6 nitrogen and oxygen atoms in total. The van der Waals surface area contributed by atoms with Crippen LogP contribution in [-0.2, 0) is 0 Å². The van der Waals surface area contributed by atoms with Crippen molar-refractivity contribution in [2.45, 2.75) is 23.9 Å². The Bertz CT molecular complexity index is 1150. The maximum absolute atomic E-state index is 13.2. The van der Waals surface area contributed by atoms with Crippen molar-refractivity contribution in [3.05, 3.63) is 65.2 Å². The number of nitrogens with one attached hydrogen (secondary N) is 1. The number of ether oxygens (including phenoxy) is 1. The largest absolute Gasteiger partial charge is 0.476 e. The zero-order chi connectivity index (χ0) is 22.9. The van der Waals surface area contributed by atoms with Crippen molar-refractivity contribution in [1.82, 2.24) is 19.5 Å². The number of hydrogen-bond acceptors (Lipinski definition) is 5. The van der Waals surface area contributed by atoms with E-state index >= 15 is 0 Å². The SMILES string of the molecule is O=C(NSc1cccc(F)c1)c1ccc(-n2ccc(OCC3(C(F)(F)F)CC3)n2)nc1Cl. The lowest BCUT2D eigenvalue weighted by Crippen LogP contribution is -2.30. The molecule has 2 aromatic heterocycles. The number of nitrogens with zero attached hydrogens (tertiary/aromatic N) is 3. The molecule has 1 amide bonds. The van der Waals surface area contributed by atoms with Gasteiger partial charge >= 0.3 is 6.18 Å². The third-order valence-electron chi connectivity index (χ3n) is 4.89. The maximum atomic E-state index is 13.2. The second kappa shape index (κ2) is 8.62. The first-order valence-corrected chi connectivity index (χ1v) is 10.5. The molecule has 0 unspecified atom stereocenters. The van der Waals surface area contributed by atoms with Gasteiger partial charge in [0.2, 0.25) is 5.88 Å². The van der Waals surface area contributed by atoms with Gasteiger partial charge in [0, 0.05) is 17.2 Å². The summed E-state index contributed by atoms with van der Waals surface area (Å²) in [6.45, 7) is -0.496. The Labute approximate surface area is 189 Å². The summed E-state index contributed by atoms with van der Waals surface area (Å²) < 4.78 is 61.3. The van der Waals surface area contributed by atoms with Crippen LogP contribution < -0.4 is 9.46 Å². The maximum Gasteiger partial charge on any atom is 0.397 e. The minimum absolute atomic E-state index is 0.0201. The highest BCUT2D eigenvalue weighted by Gasteiger charge is 2.64. The van der Waals surface area contributed by atoms with E-state index in [9.17, 15) is 22.4 Å². The summed E-state index contributed by atoms with van der Waals surface area (Å²) in [5.41, 5.74) is -1.71. The second-order valence-corrected chi connectivity index (χ2v) is 8.40. The Morgan fingerprint density at radius 2 is 2.03 bits per heavy atom. The van der Waals surface area contributed by atoms with Gasteiger partial charge in [-0.05, 0) is 55.1 Å². The molecule has 32 heavy (non-hydrogen) atoms. The van der Waals surface area contributed by atoms with Crippen molar-refractivity contribution in [2.24, 2.45) is 5.41 Å². The zero-order valence-electron chi connectivity index (χ0n) is 16.2. The Hall–Kier alpha value is -2.79. The number of carbonyl (C=O) groups excluding carboxylic acids is 1. The number of pyridine rings is 1. The molecule has 1 N–H and O–H groups in total. The molecule has 3 aromatic rings. The summed E-state index contributed by atoms with van der Waals surface area (Å²) in [4.78, 5) is 17.0. The van der Waals surface area contributed by atoms with Crippen molar-refractivity contribution in [3.8, 4) is 11.7 Å². The first-order chi connectivity index (χ1) is 15.2.